The number of aliphatic imine (C=N–C) groups is 1. The molecule has 0 radical (unpaired) electrons. The molecule has 0 unspecified atom stereocenters. The summed E-state index contributed by atoms with van der Waals surface area (Å²) < 4.78 is 10.3. The van der Waals surface area contributed by atoms with E-state index in [1.54, 1.807) is 21.3 Å². The van der Waals surface area contributed by atoms with Crippen LogP contribution in [0.15, 0.2) is 47.5 Å². The standard InChI is InChI=1S/C17H22N4O2/c1-18-17(19-11-13-7-9-15(22-2)10-8-13)20-12-14-5-4-6-16(21-14)23-3/h4-10H,11-12H2,1-3H3,(H2,18,19,20). The van der Waals surface area contributed by atoms with Gasteiger partial charge in [0.05, 0.1) is 26.5 Å². The molecule has 0 amide bonds. The summed E-state index contributed by atoms with van der Waals surface area (Å²) in [7, 11) is 5.00. The van der Waals surface area contributed by atoms with Crippen molar-refractivity contribution in [3.63, 3.8) is 0 Å². The van der Waals surface area contributed by atoms with Crippen molar-refractivity contribution in [3.05, 3.63) is 53.7 Å². The van der Waals surface area contributed by atoms with Gasteiger partial charge in [-0.2, -0.15) is 0 Å². The van der Waals surface area contributed by atoms with Gasteiger partial charge in [0.1, 0.15) is 5.75 Å². The van der Waals surface area contributed by atoms with Gasteiger partial charge in [0, 0.05) is 19.7 Å². The van der Waals surface area contributed by atoms with Crippen molar-refractivity contribution in [1.82, 2.24) is 15.6 Å². The lowest BCUT2D eigenvalue weighted by molar-refractivity contribution is 0.396. The predicted octanol–water partition coefficient (Wildman–Crippen LogP) is 1.96. The van der Waals surface area contributed by atoms with E-state index in [-0.39, 0.29) is 0 Å². The molecule has 23 heavy (non-hydrogen) atoms. The van der Waals surface area contributed by atoms with Crippen molar-refractivity contribution in [2.24, 2.45) is 4.99 Å². The Morgan fingerprint density at radius 1 is 1.00 bits per heavy atom. The zero-order chi connectivity index (χ0) is 16.5. The van der Waals surface area contributed by atoms with Gasteiger partial charge in [-0.15, -0.1) is 0 Å². The van der Waals surface area contributed by atoms with Gasteiger partial charge in [-0.3, -0.25) is 4.99 Å². The van der Waals surface area contributed by atoms with Crippen LogP contribution in [0.1, 0.15) is 11.3 Å². The van der Waals surface area contributed by atoms with Crippen LogP contribution in [0, 0.1) is 0 Å². The summed E-state index contributed by atoms with van der Waals surface area (Å²) in [4.78, 5) is 8.56. The molecule has 1 heterocycles. The third-order valence-electron chi connectivity index (χ3n) is 3.27. The van der Waals surface area contributed by atoms with E-state index >= 15 is 0 Å². The maximum atomic E-state index is 5.15. The smallest absolute Gasteiger partial charge is 0.213 e. The fourth-order valence-corrected chi connectivity index (χ4v) is 1.99. The minimum absolute atomic E-state index is 0.569. The number of nitrogens with zero attached hydrogens (tertiary/aromatic N) is 2. The number of hydrogen-bond donors (Lipinski definition) is 2. The highest BCUT2D eigenvalue weighted by Crippen LogP contribution is 2.11. The fourth-order valence-electron chi connectivity index (χ4n) is 1.99. The Morgan fingerprint density at radius 2 is 1.74 bits per heavy atom. The van der Waals surface area contributed by atoms with Gasteiger partial charge in [0.15, 0.2) is 5.96 Å². The summed E-state index contributed by atoms with van der Waals surface area (Å²) in [6.07, 6.45) is 0. The molecule has 122 valence electrons. The summed E-state index contributed by atoms with van der Waals surface area (Å²) in [5.41, 5.74) is 2.03. The first-order chi connectivity index (χ1) is 11.2. The molecule has 0 aliphatic carbocycles. The summed E-state index contributed by atoms with van der Waals surface area (Å²) in [6.45, 7) is 1.24. The van der Waals surface area contributed by atoms with E-state index in [0.717, 1.165) is 17.0 Å². The maximum Gasteiger partial charge on any atom is 0.213 e. The lowest BCUT2D eigenvalue weighted by atomic mass is 10.2. The molecule has 0 bridgehead atoms. The first-order valence-electron chi connectivity index (χ1n) is 7.32. The van der Waals surface area contributed by atoms with E-state index in [4.69, 9.17) is 9.47 Å². The highest BCUT2D eigenvalue weighted by molar-refractivity contribution is 5.79. The molecular formula is C17H22N4O2. The normalized spacial score (nSPS) is 11.0. The molecule has 0 spiro atoms. The maximum absolute atomic E-state index is 5.15. The molecule has 6 nitrogen and oxygen atoms in total. The number of ether oxygens (including phenoxy) is 2. The summed E-state index contributed by atoms with van der Waals surface area (Å²) in [6, 6.07) is 13.6. The molecule has 0 saturated heterocycles. The van der Waals surface area contributed by atoms with Gasteiger partial charge in [-0.25, -0.2) is 4.98 Å². The Labute approximate surface area is 136 Å². The molecule has 0 aliphatic heterocycles. The zero-order valence-corrected chi connectivity index (χ0v) is 13.7. The van der Waals surface area contributed by atoms with Gasteiger partial charge in [-0.1, -0.05) is 18.2 Å². The van der Waals surface area contributed by atoms with Crippen LogP contribution in [0.25, 0.3) is 0 Å². The Hall–Kier alpha value is -2.76. The van der Waals surface area contributed by atoms with Gasteiger partial charge >= 0.3 is 0 Å². The number of aromatic nitrogens is 1. The van der Waals surface area contributed by atoms with E-state index in [1.165, 1.54) is 0 Å². The van der Waals surface area contributed by atoms with E-state index in [2.05, 4.69) is 20.6 Å². The van der Waals surface area contributed by atoms with Crippen molar-refractivity contribution in [3.8, 4) is 11.6 Å². The van der Waals surface area contributed by atoms with Gasteiger partial charge in [0.2, 0.25) is 5.88 Å². The third kappa shape index (κ3) is 5.18. The van der Waals surface area contributed by atoms with Gasteiger partial charge in [-0.05, 0) is 23.8 Å². The molecule has 6 heteroatoms. The number of hydrogen-bond acceptors (Lipinski definition) is 4. The largest absolute Gasteiger partial charge is 0.497 e. The van der Waals surface area contributed by atoms with Crippen LogP contribution >= 0.6 is 0 Å². The van der Waals surface area contributed by atoms with Crippen molar-refractivity contribution in [1.29, 1.82) is 0 Å². The fraction of sp³-hybridized carbons (Fsp3) is 0.294. The number of guanidine groups is 1. The second-order valence-corrected chi connectivity index (χ2v) is 4.80. The van der Waals surface area contributed by atoms with E-state index in [0.29, 0.717) is 24.9 Å². The monoisotopic (exact) mass is 314 g/mol. The molecule has 0 atom stereocenters. The first kappa shape index (κ1) is 16.6. The molecule has 0 saturated carbocycles. The third-order valence-corrected chi connectivity index (χ3v) is 3.27. The minimum atomic E-state index is 0.569. The van der Waals surface area contributed by atoms with Crippen LogP contribution < -0.4 is 20.1 Å². The van der Waals surface area contributed by atoms with Crippen LogP contribution in [-0.2, 0) is 13.1 Å². The zero-order valence-electron chi connectivity index (χ0n) is 13.7. The Morgan fingerprint density at radius 3 is 2.39 bits per heavy atom. The first-order valence-corrected chi connectivity index (χ1v) is 7.32. The number of rotatable bonds is 6. The lowest BCUT2D eigenvalue weighted by Gasteiger charge is -2.12. The second-order valence-electron chi connectivity index (χ2n) is 4.80. The predicted molar refractivity (Wildman–Crippen MR) is 90.8 cm³/mol. The number of pyridine rings is 1. The SMILES string of the molecule is CN=C(NCc1ccc(OC)cc1)NCc1cccc(OC)n1. The molecule has 0 fully saturated rings. The summed E-state index contributed by atoms with van der Waals surface area (Å²) in [5.74, 6) is 2.16. The highest BCUT2D eigenvalue weighted by atomic mass is 16.5. The van der Waals surface area contributed by atoms with Crippen LogP contribution in [0.3, 0.4) is 0 Å². The lowest BCUT2D eigenvalue weighted by Crippen LogP contribution is -2.36. The summed E-state index contributed by atoms with van der Waals surface area (Å²) >= 11 is 0. The van der Waals surface area contributed by atoms with Crippen LogP contribution in [0.2, 0.25) is 0 Å². The molecule has 1 aromatic heterocycles. The van der Waals surface area contributed by atoms with Crippen molar-refractivity contribution in [2.45, 2.75) is 13.1 Å². The highest BCUT2D eigenvalue weighted by Gasteiger charge is 2.01. The van der Waals surface area contributed by atoms with E-state index in [9.17, 15) is 0 Å². The quantitative estimate of drug-likeness (QED) is 0.630. The Bertz CT molecular complexity index is 641. The molecule has 2 N–H and O–H groups in total. The Balaban J connectivity index is 1.85. The van der Waals surface area contributed by atoms with E-state index in [1.807, 2.05) is 42.5 Å². The number of methoxy groups -OCH3 is 2. The topological polar surface area (TPSA) is 67.8 Å². The average Bonchev–Trinajstić information content (AvgIpc) is 2.62. The van der Waals surface area contributed by atoms with E-state index < -0.39 is 0 Å². The molecule has 0 aliphatic rings. The molecule has 2 aromatic rings. The summed E-state index contributed by atoms with van der Waals surface area (Å²) in [5, 5.41) is 6.49. The van der Waals surface area contributed by atoms with Gasteiger partial charge in [0.25, 0.3) is 0 Å². The van der Waals surface area contributed by atoms with Crippen LogP contribution in [0.4, 0.5) is 0 Å². The van der Waals surface area contributed by atoms with Crippen LogP contribution in [0.5, 0.6) is 11.6 Å². The van der Waals surface area contributed by atoms with Crippen molar-refractivity contribution >= 4 is 5.96 Å². The Kier molecular flexibility index (Phi) is 6.23. The average molecular weight is 314 g/mol. The van der Waals surface area contributed by atoms with Crippen LogP contribution in [-0.4, -0.2) is 32.2 Å². The second kappa shape index (κ2) is 8.63. The van der Waals surface area contributed by atoms with Crippen molar-refractivity contribution < 1.29 is 9.47 Å². The number of benzene rings is 1. The molecular weight excluding hydrogens is 292 g/mol. The van der Waals surface area contributed by atoms with Crippen molar-refractivity contribution in [2.75, 3.05) is 21.3 Å². The number of nitrogens with one attached hydrogen (secondary N) is 2. The molecule has 2 rings (SSSR count). The minimum Gasteiger partial charge on any atom is -0.497 e. The van der Waals surface area contributed by atoms with Gasteiger partial charge < -0.3 is 20.1 Å². The molecule has 1 aromatic carbocycles.